The lowest BCUT2D eigenvalue weighted by molar-refractivity contribution is -0.126. The molecule has 0 saturated carbocycles. The Morgan fingerprint density at radius 1 is 0.968 bits per heavy atom. The summed E-state index contributed by atoms with van der Waals surface area (Å²) < 4.78 is 48.6. The highest BCUT2D eigenvalue weighted by atomic mass is 32.2. The Balaban J connectivity index is 2.35. The molecule has 0 aliphatic carbocycles. The third kappa shape index (κ3) is 5.57. The monoisotopic (exact) mass is 452 g/mol. The van der Waals surface area contributed by atoms with Crippen molar-refractivity contribution in [2.75, 3.05) is 33.1 Å². The molecular formula is C20H24N2O8S. The van der Waals surface area contributed by atoms with Crippen LogP contribution >= 0.6 is 0 Å². The molecule has 1 amide bonds. The summed E-state index contributed by atoms with van der Waals surface area (Å²) >= 11 is 0. The van der Waals surface area contributed by atoms with E-state index in [-0.39, 0.29) is 33.6 Å². The van der Waals surface area contributed by atoms with Crippen LogP contribution in [-0.2, 0) is 19.6 Å². The number of hydrogen-bond donors (Lipinski definition) is 2. The van der Waals surface area contributed by atoms with Gasteiger partial charge in [-0.15, -0.1) is 0 Å². The van der Waals surface area contributed by atoms with Gasteiger partial charge in [0.1, 0.15) is 5.75 Å². The van der Waals surface area contributed by atoms with Crippen molar-refractivity contribution in [1.82, 2.24) is 5.32 Å². The van der Waals surface area contributed by atoms with Gasteiger partial charge in [0, 0.05) is 19.2 Å². The molecule has 1 atom stereocenters. The van der Waals surface area contributed by atoms with Crippen molar-refractivity contribution in [3.05, 3.63) is 42.0 Å². The first kappa shape index (κ1) is 23.8. The van der Waals surface area contributed by atoms with E-state index in [1.54, 1.807) is 6.92 Å². The minimum absolute atomic E-state index is 0.0435. The van der Waals surface area contributed by atoms with Crippen LogP contribution < -0.4 is 24.2 Å². The second kappa shape index (κ2) is 10.0. The number of hydrogen-bond acceptors (Lipinski definition) is 8. The van der Waals surface area contributed by atoms with Gasteiger partial charge < -0.3 is 24.3 Å². The lowest BCUT2D eigenvalue weighted by Crippen LogP contribution is -2.33. The van der Waals surface area contributed by atoms with Crippen molar-refractivity contribution in [2.45, 2.75) is 17.9 Å². The Morgan fingerprint density at radius 3 is 2.06 bits per heavy atom. The van der Waals surface area contributed by atoms with Gasteiger partial charge in [0.15, 0.2) is 17.6 Å². The SMILES string of the molecule is CNC(=O)[C@@H](C)Oc1ccc(S(=O)(=O)Nc2cc(OC)c(OC)cc2C(=O)OC)cc1. The van der Waals surface area contributed by atoms with Crippen molar-refractivity contribution >= 4 is 27.6 Å². The second-order valence-electron chi connectivity index (χ2n) is 6.20. The van der Waals surface area contributed by atoms with Crippen molar-refractivity contribution in [2.24, 2.45) is 0 Å². The molecular weight excluding hydrogens is 428 g/mol. The summed E-state index contributed by atoms with van der Waals surface area (Å²) in [5.74, 6) is -0.304. The molecule has 11 heteroatoms. The average molecular weight is 452 g/mol. The Hall–Kier alpha value is -3.47. The summed E-state index contributed by atoms with van der Waals surface area (Å²) in [5, 5.41) is 2.46. The minimum Gasteiger partial charge on any atom is -0.493 e. The van der Waals surface area contributed by atoms with Crippen molar-refractivity contribution in [3.8, 4) is 17.2 Å². The molecule has 0 aliphatic rings. The average Bonchev–Trinajstić information content (AvgIpc) is 2.77. The zero-order valence-electron chi connectivity index (χ0n) is 17.7. The van der Waals surface area contributed by atoms with E-state index in [2.05, 4.69) is 10.0 Å². The van der Waals surface area contributed by atoms with Gasteiger partial charge in [0.25, 0.3) is 15.9 Å². The van der Waals surface area contributed by atoms with E-state index in [1.165, 1.54) is 64.8 Å². The van der Waals surface area contributed by atoms with Gasteiger partial charge in [-0.2, -0.15) is 0 Å². The lowest BCUT2D eigenvalue weighted by Gasteiger charge is -2.16. The van der Waals surface area contributed by atoms with Crippen LogP contribution in [0.25, 0.3) is 0 Å². The van der Waals surface area contributed by atoms with Gasteiger partial charge in [-0.1, -0.05) is 0 Å². The van der Waals surface area contributed by atoms with E-state index >= 15 is 0 Å². The predicted molar refractivity (Wildman–Crippen MR) is 112 cm³/mol. The molecule has 31 heavy (non-hydrogen) atoms. The summed E-state index contributed by atoms with van der Waals surface area (Å²) in [4.78, 5) is 23.6. The van der Waals surface area contributed by atoms with E-state index in [9.17, 15) is 18.0 Å². The maximum Gasteiger partial charge on any atom is 0.340 e. The Morgan fingerprint density at radius 2 is 1.55 bits per heavy atom. The number of carbonyl (C=O) groups excluding carboxylic acids is 2. The van der Waals surface area contributed by atoms with E-state index < -0.39 is 22.1 Å². The molecule has 0 fully saturated rings. The number of nitrogens with one attached hydrogen (secondary N) is 2. The molecule has 0 unspecified atom stereocenters. The maximum absolute atomic E-state index is 12.9. The van der Waals surface area contributed by atoms with E-state index in [0.29, 0.717) is 5.75 Å². The molecule has 2 rings (SSSR count). The molecule has 0 spiro atoms. The van der Waals surface area contributed by atoms with Crippen LogP contribution in [0.5, 0.6) is 17.2 Å². The molecule has 2 N–H and O–H groups in total. The summed E-state index contributed by atoms with van der Waals surface area (Å²) in [7, 11) is 1.35. The predicted octanol–water partition coefficient (Wildman–Crippen LogP) is 1.80. The summed E-state index contributed by atoms with van der Waals surface area (Å²) in [6, 6.07) is 8.11. The number of benzene rings is 2. The minimum atomic E-state index is -4.08. The molecule has 0 heterocycles. The fourth-order valence-corrected chi connectivity index (χ4v) is 3.67. The molecule has 0 aromatic heterocycles. The normalized spacial score (nSPS) is 11.8. The van der Waals surface area contributed by atoms with Gasteiger partial charge >= 0.3 is 5.97 Å². The number of rotatable bonds is 9. The lowest BCUT2D eigenvalue weighted by atomic mass is 10.1. The third-order valence-electron chi connectivity index (χ3n) is 4.24. The highest BCUT2D eigenvalue weighted by Crippen LogP contribution is 2.35. The first-order valence-electron chi connectivity index (χ1n) is 9.02. The second-order valence-corrected chi connectivity index (χ2v) is 7.88. The van der Waals surface area contributed by atoms with Crippen LogP contribution in [0.1, 0.15) is 17.3 Å². The smallest absolute Gasteiger partial charge is 0.340 e. The number of sulfonamides is 1. The highest BCUT2D eigenvalue weighted by Gasteiger charge is 2.23. The van der Waals surface area contributed by atoms with Gasteiger partial charge in [-0.05, 0) is 31.2 Å². The van der Waals surface area contributed by atoms with Crippen LogP contribution in [-0.4, -0.2) is 54.8 Å². The van der Waals surface area contributed by atoms with Crippen LogP contribution in [0, 0.1) is 0 Å². The number of esters is 1. The van der Waals surface area contributed by atoms with Gasteiger partial charge in [-0.3, -0.25) is 9.52 Å². The zero-order chi connectivity index (χ0) is 23.2. The van der Waals surface area contributed by atoms with Crippen molar-refractivity contribution in [3.63, 3.8) is 0 Å². The van der Waals surface area contributed by atoms with Crippen LogP contribution in [0.2, 0.25) is 0 Å². The summed E-state index contributed by atoms with van der Waals surface area (Å²) in [6.45, 7) is 1.57. The Labute approximate surface area is 180 Å². The van der Waals surface area contributed by atoms with Gasteiger partial charge in [0.2, 0.25) is 0 Å². The van der Waals surface area contributed by atoms with E-state index in [1.807, 2.05) is 0 Å². The molecule has 0 radical (unpaired) electrons. The molecule has 168 valence electrons. The molecule has 2 aromatic carbocycles. The number of anilines is 1. The largest absolute Gasteiger partial charge is 0.493 e. The number of amides is 1. The van der Waals surface area contributed by atoms with Crippen molar-refractivity contribution in [1.29, 1.82) is 0 Å². The highest BCUT2D eigenvalue weighted by molar-refractivity contribution is 7.92. The molecule has 0 saturated heterocycles. The zero-order valence-corrected chi connectivity index (χ0v) is 18.5. The fraction of sp³-hybridized carbons (Fsp3) is 0.300. The molecule has 2 aromatic rings. The number of ether oxygens (including phenoxy) is 4. The van der Waals surface area contributed by atoms with Crippen molar-refractivity contribution < 1.29 is 37.0 Å². The van der Waals surface area contributed by atoms with Crippen LogP contribution in [0.4, 0.5) is 5.69 Å². The number of likely N-dealkylation sites (N-methyl/N-ethyl adjacent to an activating group) is 1. The Bertz CT molecular complexity index is 1050. The van der Waals surface area contributed by atoms with Crippen LogP contribution in [0.3, 0.4) is 0 Å². The summed E-state index contributed by atoms with van der Waals surface area (Å²) in [6.07, 6.45) is -0.750. The van der Waals surface area contributed by atoms with E-state index in [0.717, 1.165) is 0 Å². The topological polar surface area (TPSA) is 129 Å². The number of methoxy groups -OCH3 is 3. The van der Waals surface area contributed by atoms with Gasteiger partial charge in [0.05, 0.1) is 37.5 Å². The van der Waals surface area contributed by atoms with Gasteiger partial charge in [-0.25, -0.2) is 13.2 Å². The Kier molecular flexibility index (Phi) is 7.70. The quantitative estimate of drug-likeness (QED) is 0.551. The standard InChI is InChI=1S/C20H24N2O8S/c1-12(19(23)21-2)30-13-6-8-14(9-7-13)31(25,26)22-16-11-18(28-4)17(27-3)10-15(16)20(24)29-5/h6-12,22H,1-5H3,(H,21,23)/t12-/m1/s1. The first-order chi connectivity index (χ1) is 14.7. The molecule has 0 aliphatic heterocycles. The first-order valence-corrected chi connectivity index (χ1v) is 10.5. The summed E-state index contributed by atoms with van der Waals surface area (Å²) in [5.41, 5.74) is -0.0962. The third-order valence-corrected chi connectivity index (χ3v) is 5.62. The molecule has 0 bridgehead atoms. The van der Waals surface area contributed by atoms with E-state index in [4.69, 9.17) is 18.9 Å². The van der Waals surface area contributed by atoms with Crippen LogP contribution in [0.15, 0.2) is 41.3 Å². The molecule has 10 nitrogen and oxygen atoms in total. The maximum atomic E-state index is 12.9. The number of carbonyl (C=O) groups is 2. The fourth-order valence-electron chi connectivity index (χ4n) is 2.60.